The number of hydrogen-bond donors (Lipinski definition) is 0. The summed E-state index contributed by atoms with van der Waals surface area (Å²) in [6.07, 6.45) is 0. The van der Waals surface area contributed by atoms with E-state index in [0.717, 1.165) is 46.6 Å². The van der Waals surface area contributed by atoms with Crippen molar-refractivity contribution >= 4 is 22.5 Å². The zero-order chi connectivity index (χ0) is 25.9. The second-order valence-corrected chi connectivity index (χ2v) is 9.12. The topological polar surface area (TPSA) is 64.1 Å². The Morgan fingerprint density at radius 1 is 0.784 bits per heavy atom. The summed E-state index contributed by atoms with van der Waals surface area (Å²) in [4.78, 5) is 23.0. The lowest BCUT2D eigenvalue weighted by Crippen LogP contribution is -2.48. The predicted octanol–water partition coefficient (Wildman–Crippen LogP) is 5.20. The lowest BCUT2D eigenvalue weighted by atomic mass is 10.0. The highest BCUT2D eigenvalue weighted by atomic mass is 16.5. The molecule has 1 amide bonds. The lowest BCUT2D eigenvalue weighted by molar-refractivity contribution is 0.0748. The van der Waals surface area contributed by atoms with Crippen molar-refractivity contribution < 1.29 is 19.0 Å². The molecule has 190 valence electrons. The Balaban J connectivity index is 1.46. The molecule has 0 aliphatic carbocycles. The van der Waals surface area contributed by atoms with E-state index in [2.05, 4.69) is 17.0 Å². The number of pyridine rings is 1. The van der Waals surface area contributed by atoms with Crippen LogP contribution in [0.4, 0.5) is 5.69 Å². The molecule has 2 heterocycles. The summed E-state index contributed by atoms with van der Waals surface area (Å²) in [5.41, 5.74) is 5.15. The number of anilines is 1. The van der Waals surface area contributed by atoms with Crippen molar-refractivity contribution in [2.75, 3.05) is 52.4 Å². The summed E-state index contributed by atoms with van der Waals surface area (Å²) in [7, 11) is 4.91. The fraction of sp³-hybridized carbons (Fsp3) is 0.267. The first-order chi connectivity index (χ1) is 18.0. The highest BCUT2D eigenvalue weighted by molar-refractivity contribution is 6.07. The molecule has 0 spiro atoms. The highest BCUT2D eigenvalue weighted by Crippen LogP contribution is 2.35. The third-order valence-corrected chi connectivity index (χ3v) is 6.88. The second kappa shape index (κ2) is 10.4. The first-order valence-corrected chi connectivity index (χ1v) is 12.3. The van der Waals surface area contributed by atoms with Gasteiger partial charge in [0, 0.05) is 48.9 Å². The largest absolute Gasteiger partial charge is 0.497 e. The number of ether oxygens (including phenoxy) is 3. The van der Waals surface area contributed by atoms with Gasteiger partial charge in [-0.15, -0.1) is 0 Å². The van der Waals surface area contributed by atoms with E-state index in [1.165, 1.54) is 0 Å². The average Bonchev–Trinajstić information content (AvgIpc) is 2.96. The van der Waals surface area contributed by atoms with Gasteiger partial charge < -0.3 is 24.0 Å². The third kappa shape index (κ3) is 4.89. The number of fused-ring (bicyclic) bond motifs is 1. The van der Waals surface area contributed by atoms with Crippen molar-refractivity contribution in [3.05, 3.63) is 77.9 Å². The van der Waals surface area contributed by atoms with Gasteiger partial charge in [0.05, 0.1) is 38.1 Å². The minimum atomic E-state index is 0.0149. The summed E-state index contributed by atoms with van der Waals surface area (Å²) in [6, 6.07) is 21.6. The first kappa shape index (κ1) is 24.4. The van der Waals surface area contributed by atoms with Gasteiger partial charge in [-0.05, 0) is 61.5 Å². The van der Waals surface area contributed by atoms with Crippen molar-refractivity contribution in [3.8, 4) is 28.5 Å². The summed E-state index contributed by atoms with van der Waals surface area (Å²) < 4.78 is 16.3. The number of amides is 1. The Morgan fingerprint density at radius 3 is 2.16 bits per heavy atom. The molecule has 0 N–H and O–H groups in total. The van der Waals surface area contributed by atoms with Crippen LogP contribution in [0.5, 0.6) is 17.2 Å². The molecule has 4 aromatic rings. The molecule has 0 bridgehead atoms. The van der Waals surface area contributed by atoms with Crippen molar-refractivity contribution in [3.63, 3.8) is 0 Å². The van der Waals surface area contributed by atoms with Gasteiger partial charge in [0.25, 0.3) is 5.91 Å². The molecule has 0 atom stereocenters. The van der Waals surface area contributed by atoms with E-state index in [0.29, 0.717) is 35.8 Å². The minimum absolute atomic E-state index is 0.0149. The number of aromatic nitrogens is 1. The zero-order valence-corrected chi connectivity index (χ0v) is 21.7. The molecule has 7 heteroatoms. The third-order valence-electron chi connectivity index (χ3n) is 6.88. The maximum Gasteiger partial charge on any atom is 0.254 e. The molecular weight excluding hydrogens is 466 g/mol. The van der Waals surface area contributed by atoms with Crippen LogP contribution in [-0.4, -0.2) is 63.3 Å². The van der Waals surface area contributed by atoms with Crippen molar-refractivity contribution in [1.82, 2.24) is 9.88 Å². The number of benzene rings is 3. The van der Waals surface area contributed by atoms with Gasteiger partial charge in [0.15, 0.2) is 0 Å². The van der Waals surface area contributed by atoms with E-state index in [1.807, 2.05) is 66.4 Å². The molecule has 1 fully saturated rings. The molecule has 1 aliphatic heterocycles. The number of rotatable bonds is 6. The smallest absolute Gasteiger partial charge is 0.254 e. The molecule has 37 heavy (non-hydrogen) atoms. The second-order valence-electron chi connectivity index (χ2n) is 9.12. The molecule has 1 saturated heterocycles. The molecule has 3 aromatic carbocycles. The van der Waals surface area contributed by atoms with Gasteiger partial charge in [0.1, 0.15) is 17.2 Å². The molecule has 0 saturated carbocycles. The minimum Gasteiger partial charge on any atom is -0.497 e. The average molecular weight is 498 g/mol. The summed E-state index contributed by atoms with van der Waals surface area (Å²) in [5.74, 6) is 2.19. The Hall–Kier alpha value is -4.26. The standard InChI is InChI=1S/C30H31N3O4/c1-20-5-12-27-25(17-20)26(19-28(31-27)24-11-10-23(36-3)18-29(24)37-4)30(34)33-15-13-32(14-16-33)21-6-8-22(35-2)9-7-21/h5-12,17-19H,13-16H2,1-4H3. The Morgan fingerprint density at radius 2 is 1.49 bits per heavy atom. The molecule has 5 rings (SSSR count). The van der Waals surface area contributed by atoms with E-state index in [-0.39, 0.29) is 5.91 Å². The highest BCUT2D eigenvalue weighted by Gasteiger charge is 2.25. The Bertz CT molecular complexity index is 1430. The number of aryl methyl sites for hydroxylation is 1. The molecule has 0 unspecified atom stereocenters. The maximum atomic E-state index is 13.9. The Kier molecular flexibility index (Phi) is 6.86. The predicted molar refractivity (Wildman–Crippen MR) is 146 cm³/mol. The zero-order valence-electron chi connectivity index (χ0n) is 21.7. The van der Waals surface area contributed by atoms with Crippen LogP contribution in [-0.2, 0) is 0 Å². The lowest BCUT2D eigenvalue weighted by Gasteiger charge is -2.36. The van der Waals surface area contributed by atoms with Crippen LogP contribution in [0.25, 0.3) is 22.2 Å². The number of carbonyl (C=O) groups is 1. The van der Waals surface area contributed by atoms with Gasteiger partial charge >= 0.3 is 0 Å². The maximum absolute atomic E-state index is 13.9. The first-order valence-electron chi connectivity index (χ1n) is 12.3. The van der Waals surface area contributed by atoms with Gasteiger partial charge in [-0.2, -0.15) is 0 Å². The SMILES string of the molecule is COc1ccc(N2CCN(C(=O)c3cc(-c4ccc(OC)cc4OC)nc4ccc(C)cc34)CC2)cc1. The van der Waals surface area contributed by atoms with Gasteiger partial charge in [0.2, 0.25) is 0 Å². The molecule has 0 radical (unpaired) electrons. The van der Waals surface area contributed by atoms with E-state index in [4.69, 9.17) is 19.2 Å². The quantitative estimate of drug-likeness (QED) is 0.365. The summed E-state index contributed by atoms with van der Waals surface area (Å²) in [6.45, 7) is 4.84. The van der Waals surface area contributed by atoms with Crippen molar-refractivity contribution in [2.24, 2.45) is 0 Å². The number of hydrogen-bond acceptors (Lipinski definition) is 6. The van der Waals surface area contributed by atoms with Gasteiger partial charge in [-0.3, -0.25) is 4.79 Å². The molecule has 1 aromatic heterocycles. The van der Waals surface area contributed by atoms with Crippen LogP contribution in [0.2, 0.25) is 0 Å². The van der Waals surface area contributed by atoms with E-state index in [9.17, 15) is 4.79 Å². The van der Waals surface area contributed by atoms with Crippen molar-refractivity contribution in [2.45, 2.75) is 6.92 Å². The number of carbonyl (C=O) groups excluding carboxylic acids is 1. The fourth-order valence-corrected chi connectivity index (χ4v) is 4.80. The number of nitrogens with zero attached hydrogens (tertiary/aromatic N) is 3. The van der Waals surface area contributed by atoms with Crippen molar-refractivity contribution in [1.29, 1.82) is 0 Å². The van der Waals surface area contributed by atoms with Crippen LogP contribution in [0.1, 0.15) is 15.9 Å². The monoisotopic (exact) mass is 497 g/mol. The van der Waals surface area contributed by atoms with E-state index in [1.54, 1.807) is 21.3 Å². The molecule has 1 aliphatic rings. The van der Waals surface area contributed by atoms with Crippen LogP contribution in [0.3, 0.4) is 0 Å². The number of methoxy groups -OCH3 is 3. The number of piperazine rings is 1. The summed E-state index contributed by atoms with van der Waals surface area (Å²) >= 11 is 0. The Labute approximate surface area is 217 Å². The van der Waals surface area contributed by atoms with Crippen LogP contribution in [0, 0.1) is 6.92 Å². The van der Waals surface area contributed by atoms with E-state index >= 15 is 0 Å². The summed E-state index contributed by atoms with van der Waals surface area (Å²) in [5, 5.41) is 0.860. The van der Waals surface area contributed by atoms with Crippen LogP contribution < -0.4 is 19.1 Å². The van der Waals surface area contributed by atoms with Crippen LogP contribution in [0.15, 0.2) is 66.7 Å². The van der Waals surface area contributed by atoms with Crippen LogP contribution >= 0.6 is 0 Å². The molecular formula is C30H31N3O4. The van der Waals surface area contributed by atoms with Gasteiger partial charge in [-0.1, -0.05) is 11.6 Å². The van der Waals surface area contributed by atoms with E-state index < -0.39 is 0 Å². The van der Waals surface area contributed by atoms with Gasteiger partial charge in [-0.25, -0.2) is 4.98 Å². The molecule has 7 nitrogen and oxygen atoms in total. The normalized spacial score (nSPS) is 13.5. The fourth-order valence-electron chi connectivity index (χ4n) is 4.80.